The molecule has 1 aliphatic rings. The lowest BCUT2D eigenvalue weighted by molar-refractivity contribution is 0.128. The Morgan fingerprint density at radius 1 is 1.39 bits per heavy atom. The largest absolute Gasteiger partial charge is 0.362 e. The van der Waals surface area contributed by atoms with Crippen molar-refractivity contribution in [2.75, 3.05) is 25.0 Å². The summed E-state index contributed by atoms with van der Waals surface area (Å²) in [5, 5.41) is 4.43. The summed E-state index contributed by atoms with van der Waals surface area (Å²) in [6.07, 6.45) is 5.80. The molecule has 2 rings (SSSR count). The van der Waals surface area contributed by atoms with Crippen molar-refractivity contribution in [3.8, 4) is 0 Å². The fourth-order valence-electron chi connectivity index (χ4n) is 2.23. The fourth-order valence-corrected chi connectivity index (χ4v) is 3.11. The number of aromatic nitrogens is 1. The molecule has 1 aromatic heterocycles. The van der Waals surface area contributed by atoms with Crippen LogP contribution >= 0.6 is 11.3 Å². The molecule has 0 radical (unpaired) electrons. The summed E-state index contributed by atoms with van der Waals surface area (Å²) in [6, 6.07) is 0. The number of hydrogen-bond acceptors (Lipinski definition) is 4. The van der Waals surface area contributed by atoms with E-state index in [9.17, 15) is 0 Å². The van der Waals surface area contributed by atoms with Gasteiger partial charge < -0.3 is 5.32 Å². The second-order valence-corrected chi connectivity index (χ2v) is 7.11. The van der Waals surface area contributed by atoms with Crippen molar-refractivity contribution in [3.63, 3.8) is 0 Å². The molecule has 0 saturated carbocycles. The maximum atomic E-state index is 4.43. The van der Waals surface area contributed by atoms with E-state index in [4.69, 9.17) is 0 Å². The van der Waals surface area contributed by atoms with Crippen molar-refractivity contribution in [2.24, 2.45) is 5.41 Å². The molecule has 0 amide bonds. The van der Waals surface area contributed by atoms with E-state index < -0.39 is 0 Å². The van der Waals surface area contributed by atoms with Gasteiger partial charge in [0.2, 0.25) is 0 Å². The molecule has 1 fully saturated rings. The van der Waals surface area contributed by atoms with Gasteiger partial charge in [0, 0.05) is 24.2 Å². The number of likely N-dealkylation sites (tertiary alicyclic amines) is 1. The molecule has 18 heavy (non-hydrogen) atoms. The van der Waals surface area contributed by atoms with Crippen molar-refractivity contribution < 1.29 is 0 Å². The third kappa shape index (κ3) is 3.95. The zero-order chi connectivity index (χ0) is 13.0. The molecule has 4 heteroatoms. The fraction of sp³-hybridized carbons (Fsp3) is 0.786. The standard InChI is InChI=1S/C14H25N3S/c1-4-7-15-13-16-10-12(18-13)11-17-8-5-14(2,3)6-9-17/h10H,4-9,11H2,1-3H3,(H,15,16). The Hall–Kier alpha value is -0.610. The van der Waals surface area contributed by atoms with Gasteiger partial charge in [0.25, 0.3) is 0 Å². The topological polar surface area (TPSA) is 28.2 Å². The Morgan fingerprint density at radius 2 is 2.11 bits per heavy atom. The average molecular weight is 267 g/mol. The summed E-state index contributed by atoms with van der Waals surface area (Å²) >= 11 is 1.80. The first-order chi connectivity index (χ1) is 8.59. The van der Waals surface area contributed by atoms with Crippen LogP contribution < -0.4 is 5.32 Å². The highest BCUT2D eigenvalue weighted by Gasteiger charge is 2.25. The van der Waals surface area contributed by atoms with Crippen LogP contribution in [-0.4, -0.2) is 29.5 Å². The van der Waals surface area contributed by atoms with Crippen LogP contribution in [0.4, 0.5) is 5.13 Å². The molecule has 3 nitrogen and oxygen atoms in total. The predicted molar refractivity (Wildman–Crippen MR) is 79.2 cm³/mol. The van der Waals surface area contributed by atoms with Crippen LogP contribution in [0.3, 0.4) is 0 Å². The first kappa shape index (κ1) is 13.8. The highest BCUT2D eigenvalue weighted by Crippen LogP contribution is 2.31. The van der Waals surface area contributed by atoms with E-state index in [1.807, 2.05) is 6.20 Å². The molecule has 1 aromatic rings. The number of rotatable bonds is 5. The quantitative estimate of drug-likeness (QED) is 0.883. The number of piperidine rings is 1. The highest BCUT2D eigenvalue weighted by atomic mass is 32.1. The molecule has 102 valence electrons. The summed E-state index contributed by atoms with van der Waals surface area (Å²) < 4.78 is 0. The monoisotopic (exact) mass is 267 g/mol. The average Bonchev–Trinajstić information content (AvgIpc) is 2.77. The number of thiazole rings is 1. The second-order valence-electron chi connectivity index (χ2n) is 6.00. The predicted octanol–water partition coefficient (Wildman–Crippen LogP) is 3.59. The van der Waals surface area contributed by atoms with Crippen molar-refractivity contribution in [1.82, 2.24) is 9.88 Å². The van der Waals surface area contributed by atoms with Gasteiger partial charge in [-0.25, -0.2) is 4.98 Å². The minimum Gasteiger partial charge on any atom is -0.362 e. The Bertz CT molecular complexity index is 363. The van der Waals surface area contributed by atoms with Gasteiger partial charge in [-0.15, -0.1) is 11.3 Å². The van der Waals surface area contributed by atoms with E-state index >= 15 is 0 Å². The first-order valence-electron chi connectivity index (χ1n) is 7.00. The summed E-state index contributed by atoms with van der Waals surface area (Å²) in [6.45, 7) is 11.5. The van der Waals surface area contributed by atoms with E-state index in [0.717, 1.165) is 24.6 Å². The van der Waals surface area contributed by atoms with Crippen molar-refractivity contribution in [1.29, 1.82) is 0 Å². The third-order valence-corrected chi connectivity index (χ3v) is 4.61. The zero-order valence-electron chi connectivity index (χ0n) is 11.8. The van der Waals surface area contributed by atoms with Gasteiger partial charge in [0.15, 0.2) is 5.13 Å². The molecule has 1 aliphatic heterocycles. The Balaban J connectivity index is 1.81. The number of hydrogen-bond donors (Lipinski definition) is 1. The third-order valence-electron chi connectivity index (χ3n) is 3.67. The SMILES string of the molecule is CCCNc1ncc(CN2CCC(C)(C)CC2)s1. The molecule has 0 spiro atoms. The second kappa shape index (κ2) is 6.02. The summed E-state index contributed by atoms with van der Waals surface area (Å²) in [7, 11) is 0. The van der Waals surface area contributed by atoms with Crippen molar-refractivity contribution >= 4 is 16.5 Å². The van der Waals surface area contributed by atoms with Crippen LogP contribution in [0.5, 0.6) is 0 Å². The first-order valence-corrected chi connectivity index (χ1v) is 7.82. The maximum Gasteiger partial charge on any atom is 0.182 e. The Kier molecular flexibility index (Phi) is 4.62. The van der Waals surface area contributed by atoms with Crippen LogP contribution in [0, 0.1) is 5.41 Å². The van der Waals surface area contributed by atoms with Gasteiger partial charge in [-0.05, 0) is 37.8 Å². The van der Waals surface area contributed by atoms with Crippen LogP contribution in [0.25, 0.3) is 0 Å². The van der Waals surface area contributed by atoms with E-state index in [1.54, 1.807) is 11.3 Å². The Morgan fingerprint density at radius 3 is 2.78 bits per heavy atom. The maximum absolute atomic E-state index is 4.43. The number of nitrogens with zero attached hydrogens (tertiary/aromatic N) is 2. The number of anilines is 1. The minimum atomic E-state index is 0.540. The number of nitrogens with one attached hydrogen (secondary N) is 1. The molecular weight excluding hydrogens is 242 g/mol. The highest BCUT2D eigenvalue weighted by molar-refractivity contribution is 7.15. The smallest absolute Gasteiger partial charge is 0.182 e. The molecule has 0 aromatic carbocycles. The van der Waals surface area contributed by atoms with Crippen LogP contribution in [0.2, 0.25) is 0 Å². The van der Waals surface area contributed by atoms with Gasteiger partial charge >= 0.3 is 0 Å². The molecule has 0 unspecified atom stereocenters. The molecule has 2 heterocycles. The van der Waals surface area contributed by atoms with Crippen LogP contribution in [-0.2, 0) is 6.54 Å². The van der Waals surface area contributed by atoms with E-state index in [1.165, 1.54) is 30.8 Å². The summed E-state index contributed by atoms with van der Waals surface area (Å²) in [5.41, 5.74) is 0.540. The zero-order valence-corrected chi connectivity index (χ0v) is 12.6. The molecule has 0 bridgehead atoms. The lowest BCUT2D eigenvalue weighted by atomic mass is 9.83. The summed E-state index contributed by atoms with van der Waals surface area (Å²) in [4.78, 5) is 8.37. The van der Waals surface area contributed by atoms with Gasteiger partial charge in [-0.3, -0.25) is 4.90 Å². The van der Waals surface area contributed by atoms with E-state index in [2.05, 4.69) is 36.0 Å². The van der Waals surface area contributed by atoms with Crippen LogP contribution in [0.15, 0.2) is 6.20 Å². The Labute approximate surface area is 115 Å². The lowest BCUT2D eigenvalue weighted by Crippen LogP contribution is -2.36. The summed E-state index contributed by atoms with van der Waals surface area (Å²) in [5.74, 6) is 0. The van der Waals surface area contributed by atoms with Crippen LogP contribution in [0.1, 0.15) is 44.9 Å². The molecular formula is C14H25N3S. The molecule has 0 atom stereocenters. The lowest BCUT2D eigenvalue weighted by Gasteiger charge is -2.36. The van der Waals surface area contributed by atoms with Gasteiger partial charge in [-0.1, -0.05) is 20.8 Å². The molecule has 1 N–H and O–H groups in total. The van der Waals surface area contributed by atoms with Gasteiger partial charge in [0.1, 0.15) is 0 Å². The van der Waals surface area contributed by atoms with E-state index in [0.29, 0.717) is 5.41 Å². The van der Waals surface area contributed by atoms with E-state index in [-0.39, 0.29) is 0 Å². The van der Waals surface area contributed by atoms with Gasteiger partial charge in [-0.2, -0.15) is 0 Å². The minimum absolute atomic E-state index is 0.540. The molecule has 1 saturated heterocycles. The van der Waals surface area contributed by atoms with Crippen molar-refractivity contribution in [2.45, 2.75) is 46.6 Å². The normalized spacial score (nSPS) is 19.9. The van der Waals surface area contributed by atoms with Crippen molar-refractivity contribution in [3.05, 3.63) is 11.1 Å². The van der Waals surface area contributed by atoms with Gasteiger partial charge in [0.05, 0.1) is 0 Å². The molecule has 0 aliphatic carbocycles.